The van der Waals surface area contributed by atoms with Crippen molar-refractivity contribution < 1.29 is 0 Å². The minimum absolute atomic E-state index is 0.343. The van der Waals surface area contributed by atoms with E-state index in [-0.39, 0.29) is 0 Å². The van der Waals surface area contributed by atoms with E-state index in [2.05, 4.69) is 26.0 Å². The van der Waals surface area contributed by atoms with Gasteiger partial charge in [-0.25, -0.2) is 0 Å². The Morgan fingerprint density at radius 1 is 1.24 bits per heavy atom. The zero-order valence-electron chi connectivity index (χ0n) is 11.3. The highest BCUT2D eigenvalue weighted by molar-refractivity contribution is 5.40. The highest BCUT2D eigenvalue weighted by Crippen LogP contribution is 2.27. The first-order valence-electron chi connectivity index (χ1n) is 7.03. The molecule has 0 radical (unpaired) electrons. The lowest BCUT2D eigenvalue weighted by molar-refractivity contribution is 0.616. The highest BCUT2D eigenvalue weighted by Gasteiger charge is 2.13. The number of rotatable bonds is 4. The Morgan fingerprint density at radius 2 is 2.00 bits per heavy atom. The molecule has 2 rings (SSSR count). The van der Waals surface area contributed by atoms with Crippen LogP contribution >= 0.6 is 0 Å². The van der Waals surface area contributed by atoms with Crippen molar-refractivity contribution >= 4 is 0 Å². The second-order valence-electron chi connectivity index (χ2n) is 5.64. The van der Waals surface area contributed by atoms with Gasteiger partial charge in [-0.1, -0.05) is 17.7 Å². The Hall–Kier alpha value is -0.820. The van der Waals surface area contributed by atoms with Gasteiger partial charge in [0, 0.05) is 6.04 Å². The third kappa shape index (κ3) is 3.32. The van der Waals surface area contributed by atoms with Crippen LogP contribution < -0.4 is 5.73 Å². The van der Waals surface area contributed by atoms with Gasteiger partial charge in [0.05, 0.1) is 0 Å². The molecule has 1 aromatic rings. The molecule has 1 aromatic carbocycles. The minimum Gasteiger partial charge on any atom is -0.328 e. The molecule has 0 spiro atoms. The van der Waals surface area contributed by atoms with E-state index in [0.717, 1.165) is 6.42 Å². The number of aryl methyl sites for hydroxylation is 3. The van der Waals surface area contributed by atoms with E-state index in [0.29, 0.717) is 6.04 Å². The Labute approximate surface area is 105 Å². The molecule has 0 unspecified atom stereocenters. The molecule has 2 N–H and O–H groups in total. The first-order valence-corrected chi connectivity index (χ1v) is 7.03. The van der Waals surface area contributed by atoms with Crippen LogP contribution in [0.25, 0.3) is 0 Å². The molecular formula is C16H25N. The predicted octanol–water partition coefficient (Wildman–Crippen LogP) is 3.54. The van der Waals surface area contributed by atoms with Crippen LogP contribution in [-0.4, -0.2) is 6.04 Å². The van der Waals surface area contributed by atoms with E-state index in [1.54, 1.807) is 16.7 Å². The van der Waals surface area contributed by atoms with E-state index >= 15 is 0 Å². The van der Waals surface area contributed by atoms with Crippen LogP contribution in [0.1, 0.15) is 54.9 Å². The normalized spacial score (nSPS) is 16.6. The van der Waals surface area contributed by atoms with Crippen LogP contribution in [0.3, 0.4) is 0 Å². The summed E-state index contributed by atoms with van der Waals surface area (Å²) in [6, 6.07) is 5.13. The Kier molecular flexibility index (Phi) is 4.22. The fraction of sp³-hybridized carbons (Fsp3) is 0.625. The Balaban J connectivity index is 2.12. The molecule has 0 aromatic heterocycles. The van der Waals surface area contributed by atoms with Gasteiger partial charge < -0.3 is 5.73 Å². The summed E-state index contributed by atoms with van der Waals surface area (Å²) in [4.78, 5) is 0. The van der Waals surface area contributed by atoms with Crippen molar-refractivity contribution in [2.24, 2.45) is 5.73 Å². The molecular weight excluding hydrogens is 206 g/mol. The monoisotopic (exact) mass is 231 g/mol. The molecule has 0 saturated carbocycles. The van der Waals surface area contributed by atoms with E-state index in [9.17, 15) is 0 Å². The fourth-order valence-corrected chi connectivity index (χ4v) is 2.97. The van der Waals surface area contributed by atoms with Gasteiger partial charge in [-0.3, -0.25) is 0 Å². The van der Waals surface area contributed by atoms with Gasteiger partial charge in [-0.15, -0.1) is 0 Å². The molecule has 0 aliphatic heterocycles. The Bertz CT molecular complexity index is 379. The smallest absolute Gasteiger partial charge is 0.00105 e. The lowest BCUT2D eigenvalue weighted by Gasteiger charge is -2.20. The fourth-order valence-electron chi connectivity index (χ4n) is 2.97. The number of hydrogen-bond acceptors (Lipinski definition) is 1. The summed E-state index contributed by atoms with van der Waals surface area (Å²) in [5, 5.41) is 0. The standard InChI is InChI=1S/C16H25N/c1-12-10-14-7-3-4-9-16(14)15(11-12)8-5-6-13(2)17/h10-11,13H,3-9,17H2,1-2H3/t13-/m0/s1. The number of benzene rings is 1. The first-order chi connectivity index (χ1) is 8.16. The summed E-state index contributed by atoms with van der Waals surface area (Å²) < 4.78 is 0. The first kappa shape index (κ1) is 12.6. The van der Waals surface area contributed by atoms with E-state index in [1.807, 2.05) is 0 Å². The molecule has 0 bridgehead atoms. The van der Waals surface area contributed by atoms with Crippen molar-refractivity contribution in [3.8, 4) is 0 Å². The van der Waals surface area contributed by atoms with Crippen LogP contribution in [0.2, 0.25) is 0 Å². The van der Waals surface area contributed by atoms with E-state index in [1.165, 1.54) is 44.1 Å². The van der Waals surface area contributed by atoms with Crippen LogP contribution in [-0.2, 0) is 19.3 Å². The molecule has 0 fully saturated rings. The summed E-state index contributed by atoms with van der Waals surface area (Å²) in [6.45, 7) is 4.33. The maximum absolute atomic E-state index is 5.82. The number of fused-ring (bicyclic) bond motifs is 1. The predicted molar refractivity (Wildman–Crippen MR) is 74.4 cm³/mol. The van der Waals surface area contributed by atoms with E-state index < -0.39 is 0 Å². The van der Waals surface area contributed by atoms with E-state index in [4.69, 9.17) is 5.73 Å². The van der Waals surface area contributed by atoms with Gasteiger partial charge in [-0.05, 0) is 75.5 Å². The third-order valence-electron chi connectivity index (χ3n) is 3.81. The molecule has 1 aliphatic rings. The lowest BCUT2D eigenvalue weighted by Crippen LogP contribution is -2.15. The summed E-state index contributed by atoms with van der Waals surface area (Å²) in [5.41, 5.74) is 12.1. The van der Waals surface area contributed by atoms with Gasteiger partial charge in [-0.2, -0.15) is 0 Å². The van der Waals surface area contributed by atoms with Crippen LogP contribution in [0.4, 0.5) is 0 Å². The zero-order valence-corrected chi connectivity index (χ0v) is 11.3. The maximum atomic E-state index is 5.82. The van der Waals surface area contributed by atoms with Crippen molar-refractivity contribution in [3.05, 3.63) is 34.4 Å². The molecule has 17 heavy (non-hydrogen) atoms. The van der Waals surface area contributed by atoms with Crippen molar-refractivity contribution in [1.82, 2.24) is 0 Å². The average Bonchev–Trinajstić information content (AvgIpc) is 2.28. The van der Waals surface area contributed by atoms with Gasteiger partial charge in [0.25, 0.3) is 0 Å². The summed E-state index contributed by atoms with van der Waals surface area (Å²) >= 11 is 0. The topological polar surface area (TPSA) is 26.0 Å². The molecule has 1 heteroatoms. The lowest BCUT2D eigenvalue weighted by atomic mass is 9.85. The van der Waals surface area contributed by atoms with Crippen LogP contribution in [0.15, 0.2) is 12.1 Å². The summed E-state index contributed by atoms with van der Waals surface area (Å²) in [6.07, 6.45) is 8.91. The molecule has 0 saturated heterocycles. The summed E-state index contributed by atoms with van der Waals surface area (Å²) in [5.74, 6) is 0. The average molecular weight is 231 g/mol. The Morgan fingerprint density at radius 3 is 2.76 bits per heavy atom. The largest absolute Gasteiger partial charge is 0.328 e. The molecule has 0 amide bonds. The zero-order chi connectivity index (χ0) is 12.3. The van der Waals surface area contributed by atoms with Crippen LogP contribution in [0, 0.1) is 6.92 Å². The third-order valence-corrected chi connectivity index (χ3v) is 3.81. The molecule has 1 nitrogen and oxygen atoms in total. The molecule has 0 heterocycles. The van der Waals surface area contributed by atoms with Gasteiger partial charge in [0.2, 0.25) is 0 Å². The second-order valence-corrected chi connectivity index (χ2v) is 5.64. The van der Waals surface area contributed by atoms with Crippen molar-refractivity contribution in [1.29, 1.82) is 0 Å². The van der Waals surface area contributed by atoms with Gasteiger partial charge >= 0.3 is 0 Å². The second kappa shape index (κ2) is 5.68. The van der Waals surface area contributed by atoms with Gasteiger partial charge in [0.1, 0.15) is 0 Å². The van der Waals surface area contributed by atoms with Crippen molar-refractivity contribution in [2.45, 2.75) is 64.8 Å². The van der Waals surface area contributed by atoms with Crippen molar-refractivity contribution in [3.63, 3.8) is 0 Å². The molecule has 94 valence electrons. The SMILES string of the molecule is Cc1cc2c(c(CCC[C@H](C)N)c1)CCCC2. The number of nitrogens with two attached hydrogens (primary N) is 1. The minimum atomic E-state index is 0.343. The van der Waals surface area contributed by atoms with Crippen molar-refractivity contribution in [2.75, 3.05) is 0 Å². The molecule has 1 atom stereocenters. The highest BCUT2D eigenvalue weighted by atomic mass is 14.6. The summed E-state index contributed by atoms with van der Waals surface area (Å²) in [7, 11) is 0. The van der Waals surface area contributed by atoms with Gasteiger partial charge in [0.15, 0.2) is 0 Å². The maximum Gasteiger partial charge on any atom is 0.00105 e. The molecule has 1 aliphatic carbocycles. The van der Waals surface area contributed by atoms with Crippen LogP contribution in [0.5, 0.6) is 0 Å². The number of hydrogen-bond donors (Lipinski definition) is 1. The quantitative estimate of drug-likeness (QED) is 0.842.